The second-order valence-corrected chi connectivity index (χ2v) is 4.87. The number of rotatable bonds is 4. The Morgan fingerprint density at radius 2 is 2.10 bits per heavy atom. The second kappa shape index (κ2) is 5.92. The molecule has 2 rings (SSSR count). The van der Waals surface area contributed by atoms with Crippen molar-refractivity contribution < 1.29 is 24.6 Å². The molecule has 1 saturated heterocycles. The first-order chi connectivity index (χ1) is 9.92. The Bertz CT molecular complexity index is 599. The predicted molar refractivity (Wildman–Crippen MR) is 72.9 cm³/mol. The third-order valence-corrected chi connectivity index (χ3v) is 3.37. The number of Topliss-reactive ketones (excluding diaryl/α,β-unsaturated/α-hetero) is 1. The Hall–Kier alpha value is -2.41. The minimum absolute atomic E-state index is 0.0427. The molecule has 21 heavy (non-hydrogen) atoms. The molecule has 1 unspecified atom stereocenters. The van der Waals surface area contributed by atoms with Crippen LogP contribution in [0.4, 0.5) is 0 Å². The molecule has 1 aromatic rings. The van der Waals surface area contributed by atoms with Crippen LogP contribution in [0.5, 0.6) is 11.5 Å². The molecule has 1 aliphatic heterocycles. The molecule has 112 valence electrons. The summed E-state index contributed by atoms with van der Waals surface area (Å²) >= 11 is 0. The van der Waals surface area contributed by atoms with Gasteiger partial charge in [0.1, 0.15) is 11.5 Å². The Kier molecular flexibility index (Phi) is 4.23. The van der Waals surface area contributed by atoms with Gasteiger partial charge in [-0.25, -0.2) is 0 Å². The van der Waals surface area contributed by atoms with E-state index in [0.29, 0.717) is 6.42 Å². The van der Waals surface area contributed by atoms with Gasteiger partial charge in [-0.15, -0.1) is 0 Å². The number of imide groups is 1. The number of ketones is 1. The van der Waals surface area contributed by atoms with Crippen molar-refractivity contribution in [2.24, 2.45) is 0 Å². The summed E-state index contributed by atoms with van der Waals surface area (Å²) in [6.45, 7) is 1.58. The normalized spacial score (nSPS) is 19.4. The topological polar surface area (TPSA) is 107 Å². The second-order valence-electron chi connectivity index (χ2n) is 4.87. The first-order valence-corrected chi connectivity index (χ1v) is 6.55. The highest BCUT2D eigenvalue weighted by Gasteiger charge is 2.33. The molecule has 1 heterocycles. The third-order valence-electron chi connectivity index (χ3n) is 3.37. The van der Waals surface area contributed by atoms with Gasteiger partial charge in [-0.05, 0) is 18.6 Å². The van der Waals surface area contributed by atoms with Crippen LogP contribution in [0.1, 0.15) is 23.7 Å². The van der Waals surface area contributed by atoms with Crippen LogP contribution in [-0.2, 0) is 9.59 Å². The third kappa shape index (κ3) is 3.19. The molecule has 3 N–H and O–H groups in total. The number of amides is 2. The van der Waals surface area contributed by atoms with E-state index < -0.39 is 23.6 Å². The summed E-state index contributed by atoms with van der Waals surface area (Å²) in [6, 6.07) is 3.11. The standard InChI is InChI=1S/C14H16N2O5/c1-2-10-14(21)15-13(20)7-16(10)6-12(19)9-4-3-8(17)5-11(9)18/h3-5,10,17-18H,2,6-7H2,1H3,(H,15,20,21). The van der Waals surface area contributed by atoms with Crippen molar-refractivity contribution >= 4 is 17.6 Å². The Balaban J connectivity index is 2.17. The molecule has 0 bridgehead atoms. The van der Waals surface area contributed by atoms with Gasteiger partial charge in [-0.3, -0.25) is 24.6 Å². The van der Waals surface area contributed by atoms with Gasteiger partial charge in [-0.1, -0.05) is 6.92 Å². The predicted octanol–water partition coefficient (Wildman–Crippen LogP) is 0.0175. The van der Waals surface area contributed by atoms with Crippen LogP contribution in [0.3, 0.4) is 0 Å². The number of carbonyl (C=O) groups excluding carboxylic acids is 3. The molecule has 0 radical (unpaired) electrons. The van der Waals surface area contributed by atoms with E-state index in [1.165, 1.54) is 17.0 Å². The molecule has 1 atom stereocenters. The summed E-state index contributed by atoms with van der Waals surface area (Å²) in [7, 11) is 0. The Labute approximate surface area is 121 Å². The van der Waals surface area contributed by atoms with Gasteiger partial charge in [0, 0.05) is 6.07 Å². The number of hydrogen-bond acceptors (Lipinski definition) is 6. The minimum atomic E-state index is -0.550. The summed E-state index contributed by atoms with van der Waals surface area (Å²) in [4.78, 5) is 36.8. The molecule has 0 spiro atoms. The van der Waals surface area contributed by atoms with Crippen LogP contribution in [0.2, 0.25) is 0 Å². The van der Waals surface area contributed by atoms with E-state index in [-0.39, 0.29) is 30.2 Å². The van der Waals surface area contributed by atoms with Gasteiger partial charge in [0.25, 0.3) is 0 Å². The SMILES string of the molecule is CCC1C(=O)NC(=O)CN1CC(=O)c1ccc(O)cc1O. The van der Waals surface area contributed by atoms with Crippen LogP contribution in [0.25, 0.3) is 0 Å². The van der Waals surface area contributed by atoms with Crippen LogP contribution in [-0.4, -0.2) is 51.8 Å². The number of benzene rings is 1. The molecule has 0 aliphatic carbocycles. The molecule has 0 saturated carbocycles. The number of phenols is 2. The van der Waals surface area contributed by atoms with Gasteiger partial charge in [0.2, 0.25) is 11.8 Å². The van der Waals surface area contributed by atoms with Gasteiger partial charge >= 0.3 is 0 Å². The number of aromatic hydroxyl groups is 2. The van der Waals surface area contributed by atoms with Crippen molar-refractivity contribution in [3.8, 4) is 11.5 Å². The monoisotopic (exact) mass is 292 g/mol. The summed E-state index contributed by atoms with van der Waals surface area (Å²) < 4.78 is 0. The highest BCUT2D eigenvalue weighted by atomic mass is 16.3. The fourth-order valence-corrected chi connectivity index (χ4v) is 2.36. The lowest BCUT2D eigenvalue weighted by molar-refractivity contribution is -0.139. The molecule has 1 aromatic carbocycles. The van der Waals surface area contributed by atoms with E-state index in [9.17, 15) is 24.6 Å². The van der Waals surface area contributed by atoms with E-state index in [1.807, 2.05) is 0 Å². The van der Waals surface area contributed by atoms with Gasteiger partial charge in [-0.2, -0.15) is 0 Å². The Morgan fingerprint density at radius 1 is 1.38 bits per heavy atom. The van der Waals surface area contributed by atoms with Crippen molar-refractivity contribution in [3.63, 3.8) is 0 Å². The average molecular weight is 292 g/mol. The number of nitrogens with zero attached hydrogens (tertiary/aromatic N) is 1. The largest absolute Gasteiger partial charge is 0.508 e. The number of carbonyl (C=O) groups is 3. The van der Waals surface area contributed by atoms with E-state index in [4.69, 9.17) is 0 Å². The molecule has 1 fully saturated rings. The zero-order valence-electron chi connectivity index (χ0n) is 11.5. The lowest BCUT2D eigenvalue weighted by Gasteiger charge is -2.32. The maximum absolute atomic E-state index is 12.2. The molecule has 7 nitrogen and oxygen atoms in total. The average Bonchev–Trinajstić information content (AvgIpc) is 2.37. The van der Waals surface area contributed by atoms with Crippen LogP contribution in [0, 0.1) is 0 Å². The smallest absolute Gasteiger partial charge is 0.243 e. The highest BCUT2D eigenvalue weighted by Crippen LogP contribution is 2.23. The minimum Gasteiger partial charge on any atom is -0.508 e. The molecule has 0 aromatic heterocycles. The zero-order chi connectivity index (χ0) is 15.6. The number of nitrogens with one attached hydrogen (secondary N) is 1. The van der Waals surface area contributed by atoms with Crippen LogP contribution in [0.15, 0.2) is 18.2 Å². The van der Waals surface area contributed by atoms with Crippen molar-refractivity contribution in [1.29, 1.82) is 0 Å². The summed E-state index contributed by atoms with van der Waals surface area (Å²) in [5, 5.41) is 21.1. The van der Waals surface area contributed by atoms with Gasteiger partial charge in [0.15, 0.2) is 5.78 Å². The first-order valence-electron chi connectivity index (χ1n) is 6.55. The Morgan fingerprint density at radius 3 is 2.71 bits per heavy atom. The van der Waals surface area contributed by atoms with Crippen molar-refractivity contribution in [2.45, 2.75) is 19.4 Å². The van der Waals surface area contributed by atoms with Crippen LogP contribution < -0.4 is 5.32 Å². The van der Waals surface area contributed by atoms with E-state index in [1.54, 1.807) is 6.92 Å². The zero-order valence-corrected chi connectivity index (χ0v) is 11.5. The van der Waals surface area contributed by atoms with Crippen molar-refractivity contribution in [1.82, 2.24) is 10.2 Å². The van der Waals surface area contributed by atoms with E-state index >= 15 is 0 Å². The molecule has 2 amide bonds. The molecule has 7 heteroatoms. The van der Waals surface area contributed by atoms with Crippen molar-refractivity contribution in [3.05, 3.63) is 23.8 Å². The summed E-state index contributed by atoms with van der Waals surface area (Å²) in [5.41, 5.74) is 0.0427. The molecular weight excluding hydrogens is 276 g/mol. The first kappa shape index (κ1) is 15.0. The van der Waals surface area contributed by atoms with E-state index in [2.05, 4.69) is 5.32 Å². The highest BCUT2D eigenvalue weighted by molar-refractivity contribution is 6.04. The van der Waals surface area contributed by atoms with Crippen molar-refractivity contribution in [2.75, 3.05) is 13.1 Å². The number of hydrogen-bond donors (Lipinski definition) is 3. The quantitative estimate of drug-likeness (QED) is 0.533. The molecular formula is C14H16N2O5. The number of piperazine rings is 1. The summed E-state index contributed by atoms with van der Waals surface area (Å²) in [5.74, 6) is -1.78. The van der Waals surface area contributed by atoms with E-state index in [0.717, 1.165) is 6.07 Å². The maximum Gasteiger partial charge on any atom is 0.243 e. The van der Waals surface area contributed by atoms with Gasteiger partial charge in [0.05, 0.1) is 24.7 Å². The lowest BCUT2D eigenvalue weighted by atomic mass is 10.1. The van der Waals surface area contributed by atoms with Crippen LogP contribution >= 0.6 is 0 Å². The molecule has 1 aliphatic rings. The fourth-order valence-electron chi connectivity index (χ4n) is 2.36. The lowest BCUT2D eigenvalue weighted by Crippen LogP contribution is -2.58. The van der Waals surface area contributed by atoms with Gasteiger partial charge < -0.3 is 10.2 Å². The summed E-state index contributed by atoms with van der Waals surface area (Å²) in [6.07, 6.45) is 0.466. The number of phenolic OH excluding ortho intramolecular Hbond substituents is 2. The fraction of sp³-hybridized carbons (Fsp3) is 0.357. The maximum atomic E-state index is 12.2.